The summed E-state index contributed by atoms with van der Waals surface area (Å²) in [6.45, 7) is 5.39. The molecule has 1 aliphatic heterocycles. The summed E-state index contributed by atoms with van der Waals surface area (Å²) in [6.07, 6.45) is 13.1. The van der Waals surface area contributed by atoms with Crippen LogP contribution in [0, 0.1) is 23.7 Å². The lowest BCUT2D eigenvalue weighted by atomic mass is 9.64. The molecule has 2 heteroatoms. The van der Waals surface area contributed by atoms with E-state index in [0.29, 0.717) is 0 Å². The zero-order valence-corrected chi connectivity index (χ0v) is 13.3. The summed E-state index contributed by atoms with van der Waals surface area (Å²) in [6, 6.07) is 0.770. The van der Waals surface area contributed by atoms with Gasteiger partial charge < -0.3 is 10.1 Å². The zero-order valence-electron chi connectivity index (χ0n) is 13.3. The van der Waals surface area contributed by atoms with Crippen molar-refractivity contribution in [3.05, 3.63) is 0 Å². The average molecular weight is 279 g/mol. The summed E-state index contributed by atoms with van der Waals surface area (Å²) in [5.74, 6) is 3.95. The SMILES string of the molecule is CCNC(C1CCOCC1)C1CCC2CCCCC2C1. The smallest absolute Gasteiger partial charge is 0.0469 e. The van der Waals surface area contributed by atoms with Crippen LogP contribution in [0.25, 0.3) is 0 Å². The first-order chi connectivity index (χ1) is 9.88. The number of fused-ring (bicyclic) bond motifs is 1. The monoisotopic (exact) mass is 279 g/mol. The molecular formula is C18H33NO. The minimum absolute atomic E-state index is 0.770. The molecule has 3 rings (SSSR count). The van der Waals surface area contributed by atoms with Crippen LogP contribution < -0.4 is 5.32 Å². The van der Waals surface area contributed by atoms with Gasteiger partial charge in [0, 0.05) is 19.3 Å². The molecule has 0 aromatic rings. The lowest BCUT2D eigenvalue weighted by Gasteiger charge is -2.44. The molecule has 1 heterocycles. The Bertz CT molecular complexity index is 287. The van der Waals surface area contributed by atoms with Crippen molar-refractivity contribution in [3.63, 3.8) is 0 Å². The van der Waals surface area contributed by atoms with Crippen molar-refractivity contribution in [1.29, 1.82) is 0 Å². The molecule has 0 aromatic carbocycles. The second-order valence-corrected chi connectivity index (χ2v) is 7.41. The number of hydrogen-bond acceptors (Lipinski definition) is 2. The van der Waals surface area contributed by atoms with E-state index in [2.05, 4.69) is 12.2 Å². The lowest BCUT2D eigenvalue weighted by molar-refractivity contribution is 0.0284. The van der Waals surface area contributed by atoms with Gasteiger partial charge in [-0.1, -0.05) is 32.6 Å². The van der Waals surface area contributed by atoms with Gasteiger partial charge in [0.05, 0.1) is 0 Å². The minimum Gasteiger partial charge on any atom is -0.381 e. The third-order valence-electron chi connectivity index (χ3n) is 6.30. The first-order valence-electron chi connectivity index (χ1n) is 9.19. The van der Waals surface area contributed by atoms with Crippen molar-refractivity contribution >= 4 is 0 Å². The Morgan fingerprint density at radius 1 is 0.900 bits per heavy atom. The van der Waals surface area contributed by atoms with Gasteiger partial charge >= 0.3 is 0 Å². The van der Waals surface area contributed by atoms with Gasteiger partial charge in [-0.15, -0.1) is 0 Å². The maximum atomic E-state index is 5.57. The highest BCUT2D eigenvalue weighted by Gasteiger charge is 2.37. The Morgan fingerprint density at radius 3 is 2.40 bits per heavy atom. The van der Waals surface area contributed by atoms with Crippen LogP contribution in [-0.2, 0) is 4.74 Å². The second-order valence-electron chi connectivity index (χ2n) is 7.41. The molecule has 0 aromatic heterocycles. The van der Waals surface area contributed by atoms with E-state index in [-0.39, 0.29) is 0 Å². The Labute approximate surface area is 125 Å². The zero-order chi connectivity index (χ0) is 13.8. The molecule has 0 bridgehead atoms. The van der Waals surface area contributed by atoms with E-state index in [0.717, 1.165) is 49.5 Å². The molecule has 4 atom stereocenters. The summed E-state index contributed by atoms with van der Waals surface area (Å²) in [4.78, 5) is 0. The van der Waals surface area contributed by atoms with Crippen molar-refractivity contribution in [1.82, 2.24) is 5.32 Å². The van der Waals surface area contributed by atoms with Crippen LogP contribution >= 0.6 is 0 Å². The molecule has 1 N–H and O–H groups in total. The summed E-state index contributed by atoms with van der Waals surface area (Å²) in [7, 11) is 0. The molecule has 1 saturated heterocycles. The number of rotatable bonds is 4. The molecule has 2 nitrogen and oxygen atoms in total. The Kier molecular flexibility index (Phi) is 5.39. The molecule has 0 spiro atoms. The van der Waals surface area contributed by atoms with Gasteiger partial charge in [-0.3, -0.25) is 0 Å². The fourth-order valence-electron chi connectivity index (χ4n) is 5.26. The number of nitrogens with one attached hydrogen (secondary N) is 1. The molecular weight excluding hydrogens is 246 g/mol. The van der Waals surface area contributed by atoms with Crippen molar-refractivity contribution in [2.45, 2.75) is 70.8 Å². The predicted octanol–water partition coefficient (Wildman–Crippen LogP) is 4.00. The molecule has 0 amide bonds. The van der Waals surface area contributed by atoms with E-state index in [1.807, 2.05) is 0 Å². The van der Waals surface area contributed by atoms with Crippen molar-refractivity contribution in [3.8, 4) is 0 Å². The summed E-state index contributed by atoms with van der Waals surface area (Å²) < 4.78 is 5.57. The first-order valence-corrected chi connectivity index (χ1v) is 9.19. The Balaban J connectivity index is 1.61. The van der Waals surface area contributed by atoms with E-state index in [4.69, 9.17) is 4.74 Å². The van der Waals surface area contributed by atoms with Crippen molar-refractivity contribution in [2.75, 3.05) is 19.8 Å². The molecule has 0 radical (unpaired) electrons. The molecule has 116 valence electrons. The molecule has 3 fully saturated rings. The third kappa shape index (κ3) is 3.39. The van der Waals surface area contributed by atoms with E-state index >= 15 is 0 Å². The molecule has 2 saturated carbocycles. The van der Waals surface area contributed by atoms with E-state index in [1.165, 1.54) is 57.8 Å². The highest BCUT2D eigenvalue weighted by molar-refractivity contribution is 4.91. The minimum atomic E-state index is 0.770. The highest BCUT2D eigenvalue weighted by Crippen LogP contribution is 2.45. The fraction of sp³-hybridized carbons (Fsp3) is 1.00. The van der Waals surface area contributed by atoms with Crippen LogP contribution in [0.4, 0.5) is 0 Å². The Hall–Kier alpha value is -0.0800. The average Bonchev–Trinajstić information content (AvgIpc) is 2.53. The topological polar surface area (TPSA) is 21.3 Å². The van der Waals surface area contributed by atoms with Gasteiger partial charge in [0.2, 0.25) is 0 Å². The highest BCUT2D eigenvalue weighted by atomic mass is 16.5. The van der Waals surface area contributed by atoms with Crippen LogP contribution in [0.1, 0.15) is 64.7 Å². The maximum Gasteiger partial charge on any atom is 0.0469 e. The second kappa shape index (κ2) is 7.26. The molecule has 2 aliphatic carbocycles. The lowest BCUT2D eigenvalue weighted by Crippen LogP contribution is -2.47. The van der Waals surface area contributed by atoms with Crippen molar-refractivity contribution in [2.24, 2.45) is 23.7 Å². The summed E-state index contributed by atoms with van der Waals surface area (Å²) >= 11 is 0. The van der Waals surface area contributed by atoms with E-state index in [9.17, 15) is 0 Å². The largest absolute Gasteiger partial charge is 0.381 e. The van der Waals surface area contributed by atoms with Gasteiger partial charge in [-0.2, -0.15) is 0 Å². The van der Waals surface area contributed by atoms with Crippen LogP contribution in [0.3, 0.4) is 0 Å². The quantitative estimate of drug-likeness (QED) is 0.840. The normalized spacial score (nSPS) is 37.4. The van der Waals surface area contributed by atoms with Gasteiger partial charge in [-0.25, -0.2) is 0 Å². The van der Waals surface area contributed by atoms with Crippen molar-refractivity contribution < 1.29 is 4.74 Å². The number of hydrogen-bond donors (Lipinski definition) is 1. The van der Waals surface area contributed by atoms with E-state index < -0.39 is 0 Å². The van der Waals surface area contributed by atoms with Crippen LogP contribution in [-0.4, -0.2) is 25.8 Å². The first kappa shape index (κ1) is 14.8. The van der Waals surface area contributed by atoms with Gasteiger partial charge in [0.15, 0.2) is 0 Å². The molecule has 4 unspecified atom stereocenters. The van der Waals surface area contributed by atoms with Gasteiger partial charge in [0.25, 0.3) is 0 Å². The molecule has 20 heavy (non-hydrogen) atoms. The van der Waals surface area contributed by atoms with Gasteiger partial charge in [-0.05, 0) is 62.3 Å². The van der Waals surface area contributed by atoms with Crippen LogP contribution in [0.2, 0.25) is 0 Å². The summed E-state index contributed by atoms with van der Waals surface area (Å²) in [5, 5.41) is 3.86. The standard InChI is InChI=1S/C18H33NO/c1-2-19-18(15-9-11-20-12-10-15)17-8-7-14-5-3-4-6-16(14)13-17/h14-19H,2-13H2,1H3. The fourth-order valence-corrected chi connectivity index (χ4v) is 5.26. The summed E-state index contributed by atoms with van der Waals surface area (Å²) in [5.41, 5.74) is 0. The van der Waals surface area contributed by atoms with Gasteiger partial charge in [0.1, 0.15) is 0 Å². The van der Waals surface area contributed by atoms with E-state index in [1.54, 1.807) is 0 Å². The molecule has 3 aliphatic rings. The third-order valence-corrected chi connectivity index (χ3v) is 6.30. The predicted molar refractivity (Wildman–Crippen MR) is 83.8 cm³/mol. The maximum absolute atomic E-state index is 5.57. The van der Waals surface area contributed by atoms with Crippen LogP contribution in [0.5, 0.6) is 0 Å². The Morgan fingerprint density at radius 2 is 1.65 bits per heavy atom. The number of ether oxygens (including phenoxy) is 1. The van der Waals surface area contributed by atoms with Crippen LogP contribution in [0.15, 0.2) is 0 Å².